The maximum absolute atomic E-state index is 13.8. The molecular weight excluding hydrogens is 237 g/mol. The Morgan fingerprint density at radius 2 is 2.29 bits per heavy atom. The molecule has 5 heteroatoms. The molecule has 2 rings (SSSR count). The molecule has 0 amide bonds. The number of aryl methyl sites for hydroxylation is 1. The third-order valence-corrected chi connectivity index (χ3v) is 3.62. The molecule has 0 radical (unpaired) electrons. The molecule has 0 unspecified atom stereocenters. The van der Waals surface area contributed by atoms with Crippen molar-refractivity contribution in [3.63, 3.8) is 0 Å². The first kappa shape index (κ1) is 12.1. The Bertz CT molecular complexity index is 510. The van der Waals surface area contributed by atoms with Crippen LogP contribution < -0.4 is 5.32 Å². The molecule has 1 aromatic heterocycles. The average molecular weight is 251 g/mol. The second-order valence-corrected chi connectivity index (χ2v) is 4.66. The van der Waals surface area contributed by atoms with Crippen molar-refractivity contribution >= 4 is 11.8 Å². The van der Waals surface area contributed by atoms with Gasteiger partial charge in [0, 0.05) is 26.0 Å². The van der Waals surface area contributed by atoms with E-state index in [0.29, 0.717) is 11.4 Å². The maximum atomic E-state index is 13.8. The molecule has 1 heterocycles. The van der Waals surface area contributed by atoms with E-state index in [9.17, 15) is 4.39 Å². The zero-order chi connectivity index (χ0) is 12.3. The Kier molecular flexibility index (Phi) is 3.81. The van der Waals surface area contributed by atoms with E-state index >= 15 is 0 Å². The van der Waals surface area contributed by atoms with Gasteiger partial charge in [-0.05, 0) is 30.4 Å². The number of benzene rings is 1. The lowest BCUT2D eigenvalue weighted by Crippen LogP contribution is -2.07. The van der Waals surface area contributed by atoms with Gasteiger partial charge in [-0.1, -0.05) is 12.1 Å². The van der Waals surface area contributed by atoms with E-state index in [1.807, 2.05) is 30.9 Å². The van der Waals surface area contributed by atoms with Crippen molar-refractivity contribution in [2.24, 2.45) is 7.05 Å². The van der Waals surface area contributed by atoms with Gasteiger partial charge in [-0.25, -0.2) is 9.37 Å². The zero-order valence-electron chi connectivity index (χ0n) is 9.77. The van der Waals surface area contributed by atoms with E-state index < -0.39 is 0 Å². The van der Waals surface area contributed by atoms with Crippen LogP contribution in [-0.2, 0) is 13.6 Å². The molecule has 0 aliphatic heterocycles. The van der Waals surface area contributed by atoms with Gasteiger partial charge in [0.1, 0.15) is 5.82 Å². The predicted molar refractivity (Wildman–Crippen MR) is 66.5 cm³/mol. The van der Waals surface area contributed by atoms with Crippen molar-refractivity contribution < 1.29 is 4.39 Å². The number of nitrogens with one attached hydrogen (secondary N) is 1. The summed E-state index contributed by atoms with van der Waals surface area (Å²) in [6.45, 7) is 0.643. The van der Waals surface area contributed by atoms with Crippen molar-refractivity contribution in [2.45, 2.75) is 16.6 Å². The fourth-order valence-electron chi connectivity index (χ4n) is 1.54. The second-order valence-electron chi connectivity index (χ2n) is 3.68. The normalized spacial score (nSPS) is 10.8. The van der Waals surface area contributed by atoms with Crippen LogP contribution in [0.25, 0.3) is 0 Å². The highest BCUT2D eigenvalue weighted by atomic mass is 32.2. The first-order valence-electron chi connectivity index (χ1n) is 5.29. The minimum Gasteiger partial charge on any atom is -0.329 e. The SMILES string of the molecule is CNCc1cccc(F)c1Sc1nccn1C. The van der Waals surface area contributed by atoms with Gasteiger partial charge in [-0.3, -0.25) is 0 Å². The highest BCUT2D eigenvalue weighted by Crippen LogP contribution is 2.31. The summed E-state index contributed by atoms with van der Waals surface area (Å²) >= 11 is 1.35. The summed E-state index contributed by atoms with van der Waals surface area (Å²) in [5.74, 6) is -0.203. The number of hydrogen-bond acceptors (Lipinski definition) is 3. The third-order valence-electron chi connectivity index (χ3n) is 2.39. The van der Waals surface area contributed by atoms with Crippen LogP contribution in [-0.4, -0.2) is 16.6 Å². The lowest BCUT2D eigenvalue weighted by molar-refractivity contribution is 0.593. The Hall–Kier alpha value is -1.33. The summed E-state index contributed by atoms with van der Waals surface area (Å²) < 4.78 is 15.7. The molecule has 1 N–H and O–H groups in total. The molecular formula is C12H14FN3S. The average Bonchev–Trinajstić information content (AvgIpc) is 2.70. The van der Waals surface area contributed by atoms with E-state index in [0.717, 1.165) is 10.7 Å². The molecule has 0 fully saturated rings. The van der Waals surface area contributed by atoms with Crippen LogP contribution in [0.2, 0.25) is 0 Å². The molecule has 0 atom stereocenters. The fraction of sp³-hybridized carbons (Fsp3) is 0.250. The minimum absolute atomic E-state index is 0.203. The summed E-state index contributed by atoms with van der Waals surface area (Å²) in [4.78, 5) is 4.83. The molecule has 0 spiro atoms. The van der Waals surface area contributed by atoms with Gasteiger partial charge in [0.25, 0.3) is 0 Å². The number of rotatable bonds is 4. The first-order chi connectivity index (χ1) is 8.22. The van der Waals surface area contributed by atoms with Gasteiger partial charge in [-0.15, -0.1) is 0 Å². The van der Waals surface area contributed by atoms with Crippen LogP contribution in [0, 0.1) is 5.82 Å². The maximum Gasteiger partial charge on any atom is 0.172 e. The highest BCUT2D eigenvalue weighted by Gasteiger charge is 2.11. The summed E-state index contributed by atoms with van der Waals surface area (Å²) in [6, 6.07) is 5.12. The lowest BCUT2D eigenvalue weighted by atomic mass is 10.2. The molecule has 0 saturated heterocycles. The van der Waals surface area contributed by atoms with Crippen LogP contribution in [0.5, 0.6) is 0 Å². The van der Waals surface area contributed by atoms with Gasteiger partial charge in [-0.2, -0.15) is 0 Å². The Balaban J connectivity index is 2.34. The Labute approximate surface area is 104 Å². The number of halogens is 1. The van der Waals surface area contributed by atoms with E-state index in [2.05, 4.69) is 10.3 Å². The van der Waals surface area contributed by atoms with Crippen LogP contribution >= 0.6 is 11.8 Å². The summed E-state index contributed by atoms with van der Waals surface area (Å²) in [5, 5.41) is 3.82. The van der Waals surface area contributed by atoms with Gasteiger partial charge >= 0.3 is 0 Å². The largest absolute Gasteiger partial charge is 0.329 e. The number of nitrogens with zero attached hydrogens (tertiary/aromatic N) is 2. The standard InChI is InChI=1S/C12H14FN3S/c1-14-8-9-4-3-5-10(13)11(9)17-12-15-6-7-16(12)2/h3-7,14H,8H2,1-2H3. The smallest absolute Gasteiger partial charge is 0.172 e. The minimum atomic E-state index is -0.203. The molecule has 2 aromatic rings. The van der Waals surface area contributed by atoms with Crippen LogP contribution in [0.15, 0.2) is 40.6 Å². The molecule has 90 valence electrons. The topological polar surface area (TPSA) is 29.9 Å². The molecule has 0 aliphatic rings. The molecule has 0 saturated carbocycles. The summed E-state index contributed by atoms with van der Waals surface area (Å²) in [7, 11) is 3.74. The third kappa shape index (κ3) is 2.68. The second kappa shape index (κ2) is 5.33. The van der Waals surface area contributed by atoms with Crippen molar-refractivity contribution in [1.29, 1.82) is 0 Å². The molecule has 0 bridgehead atoms. The van der Waals surface area contributed by atoms with Crippen LogP contribution in [0.4, 0.5) is 4.39 Å². The van der Waals surface area contributed by atoms with Gasteiger partial charge in [0.2, 0.25) is 0 Å². The zero-order valence-corrected chi connectivity index (χ0v) is 10.6. The predicted octanol–water partition coefficient (Wildman–Crippen LogP) is 2.43. The highest BCUT2D eigenvalue weighted by molar-refractivity contribution is 7.99. The Morgan fingerprint density at radius 3 is 2.94 bits per heavy atom. The van der Waals surface area contributed by atoms with Crippen molar-refractivity contribution in [3.05, 3.63) is 42.0 Å². The van der Waals surface area contributed by atoms with Crippen molar-refractivity contribution in [3.8, 4) is 0 Å². The number of aromatic nitrogens is 2. The van der Waals surface area contributed by atoms with Crippen LogP contribution in [0.3, 0.4) is 0 Å². The quantitative estimate of drug-likeness (QED) is 0.905. The molecule has 3 nitrogen and oxygen atoms in total. The fourth-order valence-corrected chi connectivity index (χ4v) is 2.48. The van der Waals surface area contributed by atoms with Gasteiger partial charge in [0.15, 0.2) is 5.16 Å². The first-order valence-corrected chi connectivity index (χ1v) is 6.11. The lowest BCUT2D eigenvalue weighted by Gasteiger charge is -2.09. The van der Waals surface area contributed by atoms with E-state index in [1.54, 1.807) is 12.3 Å². The van der Waals surface area contributed by atoms with E-state index in [4.69, 9.17) is 0 Å². The monoisotopic (exact) mass is 251 g/mol. The van der Waals surface area contributed by atoms with E-state index in [1.165, 1.54) is 17.8 Å². The van der Waals surface area contributed by atoms with Gasteiger partial charge in [0.05, 0.1) is 4.90 Å². The Morgan fingerprint density at radius 1 is 1.47 bits per heavy atom. The van der Waals surface area contributed by atoms with Crippen LogP contribution in [0.1, 0.15) is 5.56 Å². The molecule has 0 aliphatic carbocycles. The number of hydrogen-bond donors (Lipinski definition) is 1. The molecule has 17 heavy (non-hydrogen) atoms. The van der Waals surface area contributed by atoms with Gasteiger partial charge < -0.3 is 9.88 Å². The summed E-state index contributed by atoms with van der Waals surface area (Å²) in [5.41, 5.74) is 0.945. The molecule has 1 aromatic carbocycles. The van der Waals surface area contributed by atoms with Crippen molar-refractivity contribution in [2.75, 3.05) is 7.05 Å². The van der Waals surface area contributed by atoms with Crippen molar-refractivity contribution in [1.82, 2.24) is 14.9 Å². The summed E-state index contributed by atoms with van der Waals surface area (Å²) in [6.07, 6.45) is 3.56. The number of imidazole rings is 1. The van der Waals surface area contributed by atoms with E-state index in [-0.39, 0.29) is 5.82 Å².